The molecule has 0 spiro atoms. The average Bonchev–Trinajstić information content (AvgIpc) is 2.94. The minimum absolute atomic E-state index is 0.275. The van der Waals surface area contributed by atoms with Gasteiger partial charge < -0.3 is 9.88 Å². The van der Waals surface area contributed by atoms with Crippen LogP contribution in [-0.2, 0) is 6.54 Å². The number of amides is 2. The molecule has 2 N–H and O–H groups in total. The van der Waals surface area contributed by atoms with E-state index in [1.807, 2.05) is 4.57 Å². The SMILES string of the molecule is Cc1cc2sc(NC(=O)NCc3nncn3C3CC3)nc2s1. The van der Waals surface area contributed by atoms with E-state index in [1.165, 1.54) is 16.2 Å². The quantitative estimate of drug-likeness (QED) is 0.768. The fraction of sp³-hybridized carbons (Fsp3) is 0.385. The third-order valence-corrected chi connectivity index (χ3v) is 5.42. The molecule has 1 saturated carbocycles. The van der Waals surface area contributed by atoms with Gasteiger partial charge in [-0.3, -0.25) is 5.32 Å². The molecule has 114 valence electrons. The Hall–Kier alpha value is -2.00. The van der Waals surface area contributed by atoms with E-state index in [1.54, 1.807) is 17.7 Å². The van der Waals surface area contributed by atoms with Gasteiger partial charge in [-0.2, -0.15) is 0 Å². The molecule has 0 atom stereocenters. The largest absolute Gasteiger partial charge is 0.331 e. The smallest absolute Gasteiger partial charge is 0.321 e. The van der Waals surface area contributed by atoms with Crippen LogP contribution < -0.4 is 10.6 Å². The molecule has 0 aliphatic heterocycles. The molecular formula is C13H14N6OS2. The molecule has 0 unspecified atom stereocenters. The molecule has 0 saturated heterocycles. The summed E-state index contributed by atoms with van der Waals surface area (Å²) in [5, 5.41) is 14.1. The number of fused-ring (bicyclic) bond motifs is 1. The van der Waals surface area contributed by atoms with Gasteiger partial charge in [-0.1, -0.05) is 11.3 Å². The van der Waals surface area contributed by atoms with Gasteiger partial charge in [-0.15, -0.1) is 21.5 Å². The van der Waals surface area contributed by atoms with E-state index in [0.717, 1.165) is 28.2 Å². The van der Waals surface area contributed by atoms with Crippen molar-refractivity contribution in [2.24, 2.45) is 0 Å². The number of nitrogens with one attached hydrogen (secondary N) is 2. The van der Waals surface area contributed by atoms with Crippen molar-refractivity contribution in [2.75, 3.05) is 5.32 Å². The molecule has 3 aromatic heterocycles. The highest BCUT2D eigenvalue weighted by molar-refractivity contribution is 7.29. The summed E-state index contributed by atoms with van der Waals surface area (Å²) in [6.45, 7) is 2.41. The molecule has 0 radical (unpaired) electrons. The predicted octanol–water partition coefficient (Wildman–Crippen LogP) is 2.91. The summed E-state index contributed by atoms with van der Waals surface area (Å²) in [6.07, 6.45) is 4.04. The fourth-order valence-electron chi connectivity index (χ4n) is 2.25. The molecule has 0 aromatic carbocycles. The van der Waals surface area contributed by atoms with Crippen molar-refractivity contribution in [1.29, 1.82) is 0 Å². The number of anilines is 1. The highest BCUT2D eigenvalue weighted by atomic mass is 32.1. The van der Waals surface area contributed by atoms with Crippen LogP contribution in [0.5, 0.6) is 0 Å². The van der Waals surface area contributed by atoms with Crippen LogP contribution in [-0.4, -0.2) is 25.8 Å². The Balaban J connectivity index is 1.37. The summed E-state index contributed by atoms with van der Waals surface area (Å²) in [5.74, 6) is 0.786. The second-order valence-electron chi connectivity index (χ2n) is 5.24. The number of carbonyl (C=O) groups excluding carboxylic acids is 1. The maximum Gasteiger partial charge on any atom is 0.321 e. The number of nitrogens with zero attached hydrogens (tertiary/aromatic N) is 4. The van der Waals surface area contributed by atoms with Gasteiger partial charge in [-0.25, -0.2) is 9.78 Å². The summed E-state index contributed by atoms with van der Waals surface area (Å²) < 4.78 is 3.13. The lowest BCUT2D eigenvalue weighted by Gasteiger charge is -2.06. The second-order valence-corrected chi connectivity index (χ2v) is 7.50. The standard InChI is InChI=1S/C13H14N6OS2/c1-7-4-9-11(21-7)16-13(22-9)17-12(20)14-5-10-18-15-6-19(10)8-2-3-8/h4,6,8H,2-3,5H2,1H3,(H2,14,16,17,20). The van der Waals surface area contributed by atoms with Crippen LogP contribution in [0.25, 0.3) is 9.53 Å². The van der Waals surface area contributed by atoms with Crippen molar-refractivity contribution in [3.63, 3.8) is 0 Å². The molecule has 1 aliphatic rings. The zero-order valence-corrected chi connectivity index (χ0v) is 13.5. The van der Waals surface area contributed by atoms with Gasteiger partial charge in [0.2, 0.25) is 0 Å². The predicted molar refractivity (Wildman–Crippen MR) is 86.4 cm³/mol. The number of aromatic nitrogens is 4. The van der Waals surface area contributed by atoms with Crippen LogP contribution in [0.4, 0.5) is 9.93 Å². The maximum absolute atomic E-state index is 12.0. The lowest BCUT2D eigenvalue weighted by Crippen LogP contribution is -2.29. The van der Waals surface area contributed by atoms with E-state index >= 15 is 0 Å². The summed E-state index contributed by atoms with van der Waals surface area (Å²) in [6, 6.07) is 2.31. The van der Waals surface area contributed by atoms with Crippen molar-refractivity contribution < 1.29 is 4.79 Å². The molecule has 1 fully saturated rings. The number of thiazole rings is 1. The van der Waals surface area contributed by atoms with Gasteiger partial charge >= 0.3 is 6.03 Å². The summed E-state index contributed by atoms with van der Waals surface area (Å²) >= 11 is 3.11. The molecule has 22 heavy (non-hydrogen) atoms. The van der Waals surface area contributed by atoms with E-state index in [9.17, 15) is 4.79 Å². The number of rotatable bonds is 4. The van der Waals surface area contributed by atoms with Crippen molar-refractivity contribution in [2.45, 2.75) is 32.4 Å². The average molecular weight is 334 g/mol. The number of hydrogen-bond donors (Lipinski definition) is 2. The van der Waals surface area contributed by atoms with Gasteiger partial charge in [0, 0.05) is 10.9 Å². The van der Waals surface area contributed by atoms with Gasteiger partial charge in [0.05, 0.1) is 11.2 Å². The summed E-state index contributed by atoms with van der Waals surface area (Å²) in [7, 11) is 0. The Morgan fingerprint density at radius 1 is 1.45 bits per heavy atom. The molecule has 3 heterocycles. The van der Waals surface area contributed by atoms with Gasteiger partial charge in [0.1, 0.15) is 11.2 Å². The highest BCUT2D eigenvalue weighted by Gasteiger charge is 2.26. The van der Waals surface area contributed by atoms with Crippen molar-refractivity contribution in [1.82, 2.24) is 25.1 Å². The van der Waals surface area contributed by atoms with Crippen LogP contribution in [0.3, 0.4) is 0 Å². The van der Waals surface area contributed by atoms with Gasteiger partial charge in [0.25, 0.3) is 0 Å². The molecule has 2 amide bonds. The van der Waals surface area contributed by atoms with Gasteiger partial charge in [-0.05, 0) is 25.8 Å². The minimum Gasteiger partial charge on any atom is -0.331 e. The van der Waals surface area contributed by atoms with Gasteiger partial charge in [0.15, 0.2) is 11.0 Å². The summed E-state index contributed by atoms with van der Waals surface area (Å²) in [4.78, 5) is 18.6. The molecular weight excluding hydrogens is 320 g/mol. The molecule has 0 bridgehead atoms. The third kappa shape index (κ3) is 2.69. The summed E-state index contributed by atoms with van der Waals surface area (Å²) in [5.41, 5.74) is 0. The molecule has 3 aromatic rings. The first kappa shape index (κ1) is 13.6. The molecule has 7 nitrogen and oxygen atoms in total. The normalized spacial score (nSPS) is 14.4. The Morgan fingerprint density at radius 2 is 2.32 bits per heavy atom. The number of carbonyl (C=O) groups is 1. The molecule has 9 heteroatoms. The van der Waals surface area contributed by atoms with Crippen LogP contribution in [0.2, 0.25) is 0 Å². The topological polar surface area (TPSA) is 84.7 Å². The number of hydrogen-bond acceptors (Lipinski definition) is 6. The number of aryl methyl sites for hydroxylation is 1. The van der Waals surface area contributed by atoms with E-state index in [2.05, 4.69) is 38.8 Å². The monoisotopic (exact) mass is 334 g/mol. The fourth-order valence-corrected chi connectivity index (χ4v) is 4.27. The van der Waals surface area contributed by atoms with Crippen LogP contribution in [0, 0.1) is 6.92 Å². The van der Waals surface area contributed by atoms with Crippen LogP contribution in [0.1, 0.15) is 29.6 Å². The maximum atomic E-state index is 12.0. The number of urea groups is 1. The Labute approximate surface area is 134 Å². The van der Waals surface area contributed by atoms with E-state index < -0.39 is 0 Å². The lowest BCUT2D eigenvalue weighted by molar-refractivity contribution is 0.251. The van der Waals surface area contributed by atoms with E-state index in [0.29, 0.717) is 17.7 Å². The number of thiophene rings is 1. The second kappa shape index (κ2) is 5.33. The third-order valence-electron chi connectivity index (χ3n) is 3.43. The first-order valence-electron chi connectivity index (χ1n) is 6.99. The highest BCUT2D eigenvalue weighted by Crippen LogP contribution is 2.35. The van der Waals surface area contributed by atoms with Crippen molar-refractivity contribution in [3.8, 4) is 0 Å². The van der Waals surface area contributed by atoms with Crippen LogP contribution >= 0.6 is 22.7 Å². The first-order valence-corrected chi connectivity index (χ1v) is 8.62. The molecule has 4 rings (SSSR count). The molecule has 1 aliphatic carbocycles. The Kier molecular flexibility index (Phi) is 3.30. The Bertz CT molecular complexity index is 799. The Morgan fingerprint density at radius 3 is 3.09 bits per heavy atom. The zero-order chi connectivity index (χ0) is 15.1. The van der Waals surface area contributed by atoms with E-state index in [4.69, 9.17) is 0 Å². The van der Waals surface area contributed by atoms with E-state index in [-0.39, 0.29) is 6.03 Å². The minimum atomic E-state index is -0.275. The van der Waals surface area contributed by atoms with Crippen molar-refractivity contribution in [3.05, 3.63) is 23.1 Å². The van der Waals surface area contributed by atoms with Crippen molar-refractivity contribution >= 4 is 43.4 Å². The van der Waals surface area contributed by atoms with Crippen LogP contribution in [0.15, 0.2) is 12.4 Å². The zero-order valence-electron chi connectivity index (χ0n) is 11.9. The lowest BCUT2D eigenvalue weighted by atomic mass is 10.5. The first-order chi connectivity index (χ1) is 10.7.